The van der Waals surface area contributed by atoms with E-state index < -0.39 is 0 Å². The normalized spacial score (nSPS) is 15.6. The Bertz CT molecular complexity index is 750. The number of nitrogens with one attached hydrogen (secondary N) is 1. The second-order valence-electron chi connectivity index (χ2n) is 5.63. The summed E-state index contributed by atoms with van der Waals surface area (Å²) in [5, 5.41) is 7.20. The van der Waals surface area contributed by atoms with E-state index in [9.17, 15) is 4.79 Å². The van der Waals surface area contributed by atoms with Crippen molar-refractivity contribution in [3.05, 3.63) is 48.6 Å². The fourth-order valence-corrected chi connectivity index (χ4v) is 4.19. The van der Waals surface area contributed by atoms with E-state index in [1.165, 1.54) is 6.42 Å². The lowest BCUT2D eigenvalue weighted by atomic mass is 9.85. The van der Waals surface area contributed by atoms with Crippen molar-refractivity contribution in [2.45, 2.75) is 38.0 Å². The highest BCUT2D eigenvalue weighted by Gasteiger charge is 2.20. The van der Waals surface area contributed by atoms with E-state index in [1.54, 1.807) is 18.2 Å². The molecule has 3 rings (SSSR count). The topological polar surface area (TPSA) is 55.0 Å². The van der Waals surface area contributed by atoms with E-state index in [1.807, 2.05) is 0 Å². The minimum Gasteiger partial charge on any atom is -0.434 e. The van der Waals surface area contributed by atoms with Crippen LogP contribution >= 0.6 is 39.1 Å². The van der Waals surface area contributed by atoms with Crippen molar-refractivity contribution in [2.24, 2.45) is 0 Å². The molecule has 7 heteroatoms. The van der Waals surface area contributed by atoms with E-state index in [2.05, 4.69) is 26.1 Å². The molecule has 1 aliphatic rings. The smallest absolute Gasteiger partial charge is 0.267 e. The lowest BCUT2D eigenvalue weighted by Gasteiger charge is -2.21. The van der Waals surface area contributed by atoms with Crippen molar-refractivity contribution in [1.82, 2.24) is 10.2 Å². The average molecular weight is 418 g/mol. The molecule has 1 aliphatic carbocycles. The summed E-state index contributed by atoms with van der Waals surface area (Å²) in [4.78, 5) is 12.1. The molecule has 1 heterocycles. The van der Waals surface area contributed by atoms with Gasteiger partial charge in [0.05, 0.1) is 10.0 Å². The van der Waals surface area contributed by atoms with Gasteiger partial charge in [-0.3, -0.25) is 4.79 Å². The summed E-state index contributed by atoms with van der Waals surface area (Å²) in [6.07, 6.45) is 5.56. The van der Waals surface area contributed by atoms with Gasteiger partial charge in [0.2, 0.25) is 5.88 Å². The van der Waals surface area contributed by atoms with Crippen LogP contribution in [0.5, 0.6) is 11.6 Å². The van der Waals surface area contributed by atoms with Crippen LogP contribution in [0.3, 0.4) is 0 Å². The molecule has 1 N–H and O–H groups in total. The van der Waals surface area contributed by atoms with Gasteiger partial charge in [0.1, 0.15) is 0 Å². The SMILES string of the molecule is O=c1[nH]nc(Oc2c(Cl)cc(Br)cc2Cl)cc1C1CCCCC1. The lowest BCUT2D eigenvalue weighted by molar-refractivity contribution is 0.427. The molecular formula is C16H15BrCl2N2O2. The van der Waals surface area contributed by atoms with Gasteiger partial charge in [-0.15, -0.1) is 5.10 Å². The average Bonchev–Trinajstić information content (AvgIpc) is 2.53. The molecule has 1 aromatic carbocycles. The van der Waals surface area contributed by atoms with Crippen molar-refractivity contribution in [1.29, 1.82) is 0 Å². The zero-order valence-electron chi connectivity index (χ0n) is 12.2. The van der Waals surface area contributed by atoms with Gasteiger partial charge in [-0.25, -0.2) is 5.10 Å². The Morgan fingerprint density at radius 2 is 1.78 bits per heavy atom. The number of hydrogen-bond acceptors (Lipinski definition) is 3. The Kier molecular flexibility index (Phi) is 5.29. The summed E-state index contributed by atoms with van der Waals surface area (Å²) < 4.78 is 6.48. The quantitative estimate of drug-likeness (QED) is 0.698. The number of nitrogens with zero attached hydrogens (tertiary/aromatic N) is 1. The zero-order valence-corrected chi connectivity index (χ0v) is 15.3. The molecule has 4 nitrogen and oxygen atoms in total. The number of halogens is 3. The Labute approximate surface area is 152 Å². The van der Waals surface area contributed by atoms with Crippen molar-refractivity contribution in [2.75, 3.05) is 0 Å². The molecule has 1 aromatic heterocycles. The molecule has 2 aromatic rings. The maximum absolute atomic E-state index is 12.1. The fraction of sp³-hybridized carbons (Fsp3) is 0.375. The van der Waals surface area contributed by atoms with Gasteiger partial charge in [0.25, 0.3) is 5.56 Å². The second kappa shape index (κ2) is 7.24. The van der Waals surface area contributed by atoms with Gasteiger partial charge in [0, 0.05) is 16.1 Å². The number of aromatic nitrogens is 2. The number of rotatable bonds is 3. The Hall–Kier alpha value is -1.04. The van der Waals surface area contributed by atoms with Crippen LogP contribution in [0, 0.1) is 0 Å². The standard InChI is InChI=1S/C16H15BrCl2N2O2/c17-10-6-12(18)15(13(19)7-10)23-14-8-11(16(22)21-20-14)9-4-2-1-3-5-9/h6-9H,1-5H2,(H,21,22). The lowest BCUT2D eigenvalue weighted by Crippen LogP contribution is -2.19. The molecule has 0 radical (unpaired) electrons. The molecule has 0 atom stereocenters. The van der Waals surface area contributed by atoms with Crippen molar-refractivity contribution in [3.8, 4) is 11.6 Å². The number of H-pyrrole nitrogens is 1. The highest BCUT2D eigenvalue weighted by Crippen LogP contribution is 2.39. The van der Waals surface area contributed by atoms with E-state index in [0.29, 0.717) is 15.8 Å². The van der Waals surface area contributed by atoms with Crippen LogP contribution < -0.4 is 10.3 Å². The van der Waals surface area contributed by atoms with Crippen LogP contribution in [0.15, 0.2) is 27.5 Å². The third-order valence-electron chi connectivity index (χ3n) is 4.02. The molecule has 0 unspecified atom stereocenters. The Balaban J connectivity index is 1.91. The van der Waals surface area contributed by atoms with Gasteiger partial charge in [-0.2, -0.15) is 0 Å². The largest absolute Gasteiger partial charge is 0.434 e. The van der Waals surface area contributed by atoms with Crippen LogP contribution in [0.25, 0.3) is 0 Å². The molecule has 1 saturated carbocycles. The summed E-state index contributed by atoms with van der Waals surface area (Å²) in [6.45, 7) is 0. The van der Waals surface area contributed by atoms with E-state index in [4.69, 9.17) is 27.9 Å². The number of benzene rings is 1. The first-order chi connectivity index (χ1) is 11.0. The Morgan fingerprint density at radius 1 is 1.13 bits per heavy atom. The molecule has 0 amide bonds. The van der Waals surface area contributed by atoms with E-state index >= 15 is 0 Å². The van der Waals surface area contributed by atoms with Gasteiger partial charge in [0.15, 0.2) is 5.75 Å². The third kappa shape index (κ3) is 3.90. The first-order valence-corrected chi connectivity index (χ1v) is 9.01. The predicted molar refractivity (Wildman–Crippen MR) is 94.9 cm³/mol. The molecule has 0 saturated heterocycles. The van der Waals surface area contributed by atoms with Gasteiger partial charge < -0.3 is 4.74 Å². The summed E-state index contributed by atoms with van der Waals surface area (Å²) in [7, 11) is 0. The molecule has 0 aliphatic heterocycles. The Morgan fingerprint density at radius 3 is 2.43 bits per heavy atom. The van der Waals surface area contributed by atoms with Gasteiger partial charge >= 0.3 is 0 Å². The maximum Gasteiger partial charge on any atom is 0.267 e. The highest BCUT2D eigenvalue weighted by atomic mass is 79.9. The summed E-state index contributed by atoms with van der Waals surface area (Å²) in [5.74, 6) is 0.871. The van der Waals surface area contributed by atoms with Crippen molar-refractivity contribution in [3.63, 3.8) is 0 Å². The van der Waals surface area contributed by atoms with E-state index in [-0.39, 0.29) is 17.4 Å². The number of ether oxygens (including phenoxy) is 1. The van der Waals surface area contributed by atoms with Gasteiger partial charge in [-0.1, -0.05) is 58.4 Å². The van der Waals surface area contributed by atoms with Crippen LogP contribution in [-0.4, -0.2) is 10.2 Å². The first-order valence-electron chi connectivity index (χ1n) is 7.46. The minimum absolute atomic E-state index is 0.155. The number of hydrogen-bond donors (Lipinski definition) is 1. The molecule has 23 heavy (non-hydrogen) atoms. The highest BCUT2D eigenvalue weighted by molar-refractivity contribution is 9.10. The van der Waals surface area contributed by atoms with Crippen molar-refractivity contribution < 1.29 is 4.74 Å². The fourth-order valence-electron chi connectivity index (χ4n) is 2.90. The first kappa shape index (κ1) is 16.8. The maximum atomic E-state index is 12.1. The molecule has 0 bridgehead atoms. The molecule has 122 valence electrons. The van der Waals surface area contributed by atoms with Crippen LogP contribution in [0.2, 0.25) is 10.0 Å². The predicted octanol–water partition coefficient (Wildman–Crippen LogP) is 5.68. The van der Waals surface area contributed by atoms with Gasteiger partial charge in [-0.05, 0) is 30.9 Å². The molecule has 1 fully saturated rings. The molecule has 0 spiro atoms. The summed E-state index contributed by atoms with van der Waals surface area (Å²) in [6, 6.07) is 5.08. The molecular weight excluding hydrogens is 403 g/mol. The van der Waals surface area contributed by atoms with E-state index in [0.717, 1.165) is 35.7 Å². The minimum atomic E-state index is -0.155. The monoisotopic (exact) mass is 416 g/mol. The van der Waals surface area contributed by atoms with Crippen LogP contribution in [-0.2, 0) is 0 Å². The summed E-state index contributed by atoms with van der Waals surface area (Å²) in [5.41, 5.74) is 0.566. The number of aromatic amines is 1. The summed E-state index contributed by atoms with van der Waals surface area (Å²) >= 11 is 15.6. The second-order valence-corrected chi connectivity index (χ2v) is 7.36. The van der Waals surface area contributed by atoms with Crippen molar-refractivity contribution >= 4 is 39.1 Å². The third-order valence-corrected chi connectivity index (χ3v) is 5.04. The van der Waals surface area contributed by atoms with Crippen LogP contribution in [0.1, 0.15) is 43.6 Å². The van der Waals surface area contributed by atoms with Crippen LogP contribution in [0.4, 0.5) is 0 Å². The zero-order chi connectivity index (χ0) is 16.4.